The lowest BCUT2D eigenvalue weighted by atomic mass is 9.91. The molecule has 0 saturated carbocycles. The van der Waals surface area contributed by atoms with Gasteiger partial charge in [-0.3, -0.25) is 0 Å². The fraction of sp³-hybridized carbons (Fsp3) is 1.00. The van der Waals surface area contributed by atoms with E-state index >= 15 is 0 Å². The van der Waals surface area contributed by atoms with Gasteiger partial charge in [0.05, 0.1) is 6.61 Å². The molecule has 0 fully saturated rings. The highest BCUT2D eigenvalue weighted by atomic mass is 16.5. The van der Waals surface area contributed by atoms with E-state index in [1.165, 1.54) is 0 Å². The molecule has 3 heteroatoms. The molecule has 0 aliphatic heterocycles. The van der Waals surface area contributed by atoms with Crippen molar-refractivity contribution in [2.75, 3.05) is 26.9 Å². The Kier molecular flexibility index (Phi) is 7.23. The van der Waals surface area contributed by atoms with E-state index < -0.39 is 0 Å². The van der Waals surface area contributed by atoms with Crippen molar-refractivity contribution in [3.05, 3.63) is 0 Å². The summed E-state index contributed by atoms with van der Waals surface area (Å²) in [6, 6.07) is 0. The van der Waals surface area contributed by atoms with E-state index in [0.29, 0.717) is 0 Å². The van der Waals surface area contributed by atoms with E-state index in [0.717, 1.165) is 32.4 Å². The van der Waals surface area contributed by atoms with Crippen LogP contribution < -0.4 is 5.32 Å². The third kappa shape index (κ3) is 4.60. The Morgan fingerprint density at radius 1 is 1.38 bits per heavy atom. The molecular weight excluding hydrogens is 166 g/mol. The van der Waals surface area contributed by atoms with Crippen molar-refractivity contribution in [1.29, 1.82) is 0 Å². The minimum atomic E-state index is -0.0900. The molecule has 0 bridgehead atoms. The summed E-state index contributed by atoms with van der Waals surface area (Å²) in [5.41, 5.74) is -0.0900. The van der Waals surface area contributed by atoms with Gasteiger partial charge in [0.2, 0.25) is 0 Å². The summed E-state index contributed by atoms with van der Waals surface area (Å²) in [6.07, 6.45) is 2.93. The molecule has 0 aliphatic rings. The van der Waals surface area contributed by atoms with Crippen LogP contribution in [-0.4, -0.2) is 37.5 Å². The summed E-state index contributed by atoms with van der Waals surface area (Å²) in [7, 11) is 1.71. The smallest absolute Gasteiger partial charge is 0.0613 e. The molecule has 0 saturated heterocycles. The van der Waals surface area contributed by atoms with Crippen molar-refractivity contribution in [3.8, 4) is 0 Å². The zero-order chi connectivity index (χ0) is 10.2. The van der Waals surface area contributed by atoms with Crippen molar-refractivity contribution < 1.29 is 9.84 Å². The summed E-state index contributed by atoms with van der Waals surface area (Å²) in [5.74, 6) is 0. The van der Waals surface area contributed by atoms with Crippen LogP contribution in [0.15, 0.2) is 0 Å². The van der Waals surface area contributed by atoms with E-state index in [4.69, 9.17) is 4.74 Å². The first kappa shape index (κ1) is 12.9. The minimum Gasteiger partial charge on any atom is -0.394 e. The van der Waals surface area contributed by atoms with Crippen LogP contribution in [0.3, 0.4) is 0 Å². The zero-order valence-electron chi connectivity index (χ0n) is 9.10. The Labute approximate surface area is 81.5 Å². The fourth-order valence-corrected chi connectivity index (χ4v) is 1.57. The molecule has 0 aromatic rings. The number of hydrogen-bond acceptors (Lipinski definition) is 3. The molecule has 2 N–H and O–H groups in total. The van der Waals surface area contributed by atoms with Gasteiger partial charge in [-0.2, -0.15) is 0 Å². The maximum Gasteiger partial charge on any atom is 0.0613 e. The maximum atomic E-state index is 9.30. The summed E-state index contributed by atoms with van der Waals surface area (Å²) in [4.78, 5) is 0. The van der Waals surface area contributed by atoms with E-state index in [9.17, 15) is 5.11 Å². The second kappa shape index (κ2) is 7.30. The van der Waals surface area contributed by atoms with Crippen molar-refractivity contribution in [2.45, 2.75) is 38.6 Å². The Bertz CT molecular complexity index is 113. The van der Waals surface area contributed by atoms with E-state index in [-0.39, 0.29) is 12.1 Å². The predicted molar refractivity (Wildman–Crippen MR) is 54.9 cm³/mol. The van der Waals surface area contributed by atoms with Gasteiger partial charge in [0.1, 0.15) is 0 Å². The molecule has 0 rings (SSSR count). The van der Waals surface area contributed by atoms with Gasteiger partial charge < -0.3 is 15.2 Å². The number of likely N-dealkylation sites (N-methyl/N-ethyl adjacent to an activating group) is 1. The number of aliphatic hydroxyl groups excluding tert-OH is 1. The molecule has 0 aromatic heterocycles. The van der Waals surface area contributed by atoms with Gasteiger partial charge in [0, 0.05) is 19.3 Å². The number of ether oxygens (including phenoxy) is 1. The standard InChI is InChI=1S/C10H23NO2/c1-4-10(9-12,11-5-2)7-6-8-13-3/h11-12H,4-9H2,1-3H3. The van der Waals surface area contributed by atoms with E-state index in [2.05, 4.69) is 19.2 Å². The zero-order valence-corrected chi connectivity index (χ0v) is 9.10. The fourth-order valence-electron chi connectivity index (χ4n) is 1.57. The maximum absolute atomic E-state index is 9.30. The van der Waals surface area contributed by atoms with Gasteiger partial charge in [-0.1, -0.05) is 13.8 Å². The third-order valence-corrected chi connectivity index (χ3v) is 2.54. The Balaban J connectivity index is 3.89. The SMILES string of the molecule is CCNC(CC)(CO)CCCOC. The second-order valence-corrected chi connectivity index (χ2v) is 3.42. The van der Waals surface area contributed by atoms with Crippen LogP contribution in [0.5, 0.6) is 0 Å². The first-order valence-electron chi connectivity index (χ1n) is 5.09. The molecule has 1 unspecified atom stereocenters. The first-order chi connectivity index (χ1) is 6.24. The predicted octanol–water partition coefficient (Wildman–Crippen LogP) is 1.16. The summed E-state index contributed by atoms with van der Waals surface area (Å²) >= 11 is 0. The lowest BCUT2D eigenvalue weighted by Gasteiger charge is -2.31. The van der Waals surface area contributed by atoms with Crippen LogP contribution in [0.1, 0.15) is 33.1 Å². The topological polar surface area (TPSA) is 41.5 Å². The van der Waals surface area contributed by atoms with Crippen LogP contribution in [-0.2, 0) is 4.74 Å². The molecule has 0 aliphatic carbocycles. The van der Waals surface area contributed by atoms with Crippen LogP contribution in [0, 0.1) is 0 Å². The van der Waals surface area contributed by atoms with E-state index in [1.807, 2.05) is 0 Å². The van der Waals surface area contributed by atoms with Gasteiger partial charge in [-0.15, -0.1) is 0 Å². The summed E-state index contributed by atoms with van der Waals surface area (Å²) in [5, 5.41) is 12.7. The minimum absolute atomic E-state index is 0.0900. The van der Waals surface area contributed by atoms with Crippen molar-refractivity contribution in [2.24, 2.45) is 0 Å². The third-order valence-electron chi connectivity index (χ3n) is 2.54. The van der Waals surface area contributed by atoms with Crippen molar-refractivity contribution in [3.63, 3.8) is 0 Å². The normalized spacial score (nSPS) is 15.7. The number of nitrogens with one attached hydrogen (secondary N) is 1. The molecule has 13 heavy (non-hydrogen) atoms. The molecular formula is C10H23NO2. The highest BCUT2D eigenvalue weighted by Crippen LogP contribution is 2.16. The monoisotopic (exact) mass is 189 g/mol. The average Bonchev–Trinajstić information content (AvgIpc) is 2.17. The number of hydrogen-bond donors (Lipinski definition) is 2. The lowest BCUT2D eigenvalue weighted by Crippen LogP contribution is -2.48. The van der Waals surface area contributed by atoms with Crippen LogP contribution in [0.2, 0.25) is 0 Å². The number of rotatable bonds is 8. The first-order valence-corrected chi connectivity index (χ1v) is 5.09. The molecule has 1 atom stereocenters. The quantitative estimate of drug-likeness (QED) is 0.563. The Morgan fingerprint density at radius 3 is 2.46 bits per heavy atom. The van der Waals surface area contributed by atoms with Crippen molar-refractivity contribution in [1.82, 2.24) is 5.32 Å². The van der Waals surface area contributed by atoms with E-state index in [1.54, 1.807) is 7.11 Å². The molecule has 0 heterocycles. The molecule has 80 valence electrons. The van der Waals surface area contributed by atoms with Crippen molar-refractivity contribution >= 4 is 0 Å². The van der Waals surface area contributed by atoms with Crippen LogP contribution in [0.4, 0.5) is 0 Å². The number of aliphatic hydroxyl groups is 1. The van der Waals surface area contributed by atoms with Gasteiger partial charge in [-0.25, -0.2) is 0 Å². The molecule has 0 aromatic carbocycles. The van der Waals surface area contributed by atoms with Crippen LogP contribution in [0.25, 0.3) is 0 Å². The second-order valence-electron chi connectivity index (χ2n) is 3.42. The highest BCUT2D eigenvalue weighted by Gasteiger charge is 2.24. The summed E-state index contributed by atoms with van der Waals surface area (Å²) in [6.45, 7) is 6.05. The molecule has 0 amide bonds. The molecule has 0 radical (unpaired) electrons. The van der Waals surface area contributed by atoms with Gasteiger partial charge in [-0.05, 0) is 25.8 Å². The van der Waals surface area contributed by atoms with Crippen LogP contribution >= 0.6 is 0 Å². The number of methoxy groups -OCH3 is 1. The van der Waals surface area contributed by atoms with Gasteiger partial charge in [0.15, 0.2) is 0 Å². The Morgan fingerprint density at radius 2 is 2.08 bits per heavy atom. The highest BCUT2D eigenvalue weighted by molar-refractivity contribution is 4.85. The molecule has 3 nitrogen and oxygen atoms in total. The largest absolute Gasteiger partial charge is 0.394 e. The summed E-state index contributed by atoms with van der Waals surface area (Å²) < 4.78 is 4.99. The van der Waals surface area contributed by atoms with Gasteiger partial charge >= 0.3 is 0 Å². The molecule has 0 spiro atoms. The van der Waals surface area contributed by atoms with Gasteiger partial charge in [0.25, 0.3) is 0 Å². The lowest BCUT2D eigenvalue weighted by molar-refractivity contribution is 0.127. The Hall–Kier alpha value is -0.120. The average molecular weight is 189 g/mol.